The summed E-state index contributed by atoms with van der Waals surface area (Å²) in [6.07, 6.45) is 1.56. The summed E-state index contributed by atoms with van der Waals surface area (Å²) in [5.74, 6) is 0.446. The molecule has 17 heteroatoms. The lowest BCUT2D eigenvalue weighted by Crippen LogP contribution is -2.26. The van der Waals surface area contributed by atoms with Crippen molar-refractivity contribution < 1.29 is 32.1 Å². The first-order valence-corrected chi connectivity index (χ1v) is 13.2. The largest absolute Gasteiger partial charge is 0.474 e. The minimum absolute atomic E-state index is 0.0349. The molecule has 0 saturated carbocycles. The zero-order valence-electron chi connectivity index (χ0n) is 22.5. The molecular weight excluding hydrogens is 583 g/mol. The Hall–Kier alpha value is -4.15. The predicted octanol–water partition coefficient (Wildman–Crippen LogP) is 4.31. The fourth-order valence-electron chi connectivity index (χ4n) is 4.42. The van der Waals surface area contributed by atoms with Crippen LogP contribution in [0.25, 0.3) is 11.2 Å². The number of halogens is 4. The molecule has 0 aromatic carbocycles. The molecule has 3 N–H and O–H groups in total. The number of allylic oxidation sites excluding steroid dienone is 1. The molecule has 0 aliphatic carbocycles. The van der Waals surface area contributed by atoms with Crippen molar-refractivity contribution in [3.05, 3.63) is 46.8 Å². The molecular formula is C25H27ClF3N9O4. The van der Waals surface area contributed by atoms with Gasteiger partial charge >= 0.3 is 6.18 Å². The number of aliphatic imine (C=N–C) groups is 1. The average molecular weight is 610 g/mol. The first-order chi connectivity index (χ1) is 20.2. The number of nitrogens with zero attached hydrogens (tertiary/aromatic N) is 6. The smallest absolute Gasteiger partial charge is 0.433 e. The van der Waals surface area contributed by atoms with Crippen molar-refractivity contribution in [2.24, 2.45) is 12.0 Å². The van der Waals surface area contributed by atoms with Crippen molar-refractivity contribution in [1.29, 1.82) is 5.41 Å². The van der Waals surface area contributed by atoms with Crippen molar-refractivity contribution in [3.63, 3.8) is 0 Å². The number of hydrogen-bond donors (Lipinski definition) is 3. The van der Waals surface area contributed by atoms with Crippen molar-refractivity contribution in [2.75, 3.05) is 38.9 Å². The molecule has 0 unspecified atom stereocenters. The van der Waals surface area contributed by atoms with E-state index in [1.54, 1.807) is 13.2 Å². The number of hydrogen-bond acceptors (Lipinski definition) is 11. The van der Waals surface area contributed by atoms with Crippen LogP contribution in [-0.4, -0.2) is 70.0 Å². The van der Waals surface area contributed by atoms with Gasteiger partial charge in [-0.2, -0.15) is 23.3 Å². The molecule has 224 valence electrons. The lowest BCUT2D eigenvalue weighted by molar-refractivity contribution is -0.145. The summed E-state index contributed by atoms with van der Waals surface area (Å²) in [6, 6.07) is 0.504. The van der Waals surface area contributed by atoms with Gasteiger partial charge in [-0.1, -0.05) is 11.6 Å². The second kappa shape index (κ2) is 12.4. The van der Waals surface area contributed by atoms with E-state index in [0.29, 0.717) is 38.2 Å². The Morgan fingerprint density at radius 2 is 2.10 bits per heavy atom. The van der Waals surface area contributed by atoms with Crippen LogP contribution in [0.1, 0.15) is 24.6 Å². The normalized spacial score (nSPS) is 17.1. The Morgan fingerprint density at radius 1 is 1.31 bits per heavy atom. The summed E-state index contributed by atoms with van der Waals surface area (Å²) in [5, 5.41) is 18.0. The molecule has 13 nitrogen and oxygen atoms in total. The second-order valence-electron chi connectivity index (χ2n) is 9.15. The van der Waals surface area contributed by atoms with Gasteiger partial charge in [0.05, 0.1) is 25.1 Å². The molecule has 0 radical (unpaired) electrons. The van der Waals surface area contributed by atoms with E-state index in [9.17, 15) is 13.2 Å². The number of alkyl halides is 3. The number of pyridine rings is 1. The van der Waals surface area contributed by atoms with Crippen LogP contribution in [0.15, 0.2) is 41.1 Å². The third kappa shape index (κ3) is 6.05. The first-order valence-electron chi connectivity index (χ1n) is 12.8. The molecule has 1 saturated heterocycles. The van der Waals surface area contributed by atoms with Gasteiger partial charge in [0.2, 0.25) is 11.8 Å². The number of anilines is 2. The van der Waals surface area contributed by atoms with Crippen LogP contribution in [-0.2, 0) is 27.4 Å². The Bertz CT molecular complexity index is 1560. The molecule has 5 rings (SSSR count). The Balaban J connectivity index is 1.44. The van der Waals surface area contributed by atoms with Crippen LogP contribution in [0.2, 0.25) is 5.02 Å². The zero-order chi connectivity index (χ0) is 29.9. The van der Waals surface area contributed by atoms with Gasteiger partial charge in [-0.25, -0.2) is 9.98 Å². The van der Waals surface area contributed by atoms with Gasteiger partial charge in [0.15, 0.2) is 23.0 Å². The van der Waals surface area contributed by atoms with Crippen LogP contribution < -0.4 is 15.4 Å². The molecule has 0 spiro atoms. The maximum atomic E-state index is 13.8. The van der Waals surface area contributed by atoms with Gasteiger partial charge in [0, 0.05) is 45.8 Å². The fraction of sp³-hybridized carbons (Fsp3) is 0.400. The van der Waals surface area contributed by atoms with E-state index in [1.807, 2.05) is 0 Å². The van der Waals surface area contributed by atoms with E-state index in [1.165, 1.54) is 24.1 Å². The highest BCUT2D eigenvalue weighted by Crippen LogP contribution is 2.37. The molecule has 2 aliphatic heterocycles. The second-order valence-corrected chi connectivity index (χ2v) is 9.53. The average Bonchev–Trinajstić information content (AvgIpc) is 3.55. The number of imidazole rings is 1. The molecule has 0 atom stereocenters. The van der Waals surface area contributed by atoms with Gasteiger partial charge in [-0.05, 0) is 12.8 Å². The van der Waals surface area contributed by atoms with Gasteiger partial charge in [0.25, 0.3) is 0 Å². The predicted molar refractivity (Wildman–Crippen MR) is 147 cm³/mol. The summed E-state index contributed by atoms with van der Waals surface area (Å²) in [6.45, 7) is 1.27. The lowest BCUT2D eigenvalue weighted by atomic mass is 10.1. The van der Waals surface area contributed by atoms with E-state index in [0.717, 1.165) is 17.0 Å². The third-order valence-electron chi connectivity index (χ3n) is 6.44. The number of aryl methyl sites for hydroxylation is 1. The summed E-state index contributed by atoms with van der Waals surface area (Å²) in [4.78, 5) is 12.9. The van der Waals surface area contributed by atoms with Crippen LogP contribution in [0.3, 0.4) is 0 Å². The Labute approximate surface area is 242 Å². The maximum absolute atomic E-state index is 13.8. The Morgan fingerprint density at radius 3 is 2.81 bits per heavy atom. The molecule has 3 aromatic rings. The summed E-state index contributed by atoms with van der Waals surface area (Å²) in [7, 11) is 3.16. The number of methoxy groups -OCH3 is 1. The molecule has 1 fully saturated rings. The van der Waals surface area contributed by atoms with Gasteiger partial charge in [-0.15, -0.1) is 0 Å². The number of rotatable bonds is 9. The molecule has 0 bridgehead atoms. The van der Waals surface area contributed by atoms with E-state index in [2.05, 4.69) is 30.7 Å². The number of ether oxygens (including phenoxy) is 4. The fourth-order valence-corrected chi connectivity index (χ4v) is 4.71. The molecule has 3 aromatic heterocycles. The number of fused-ring (bicyclic) bond motifs is 1. The van der Waals surface area contributed by atoms with Crippen molar-refractivity contribution in [1.82, 2.24) is 29.6 Å². The van der Waals surface area contributed by atoms with E-state index in [-0.39, 0.29) is 52.1 Å². The van der Waals surface area contributed by atoms with Crippen molar-refractivity contribution in [3.8, 4) is 5.75 Å². The summed E-state index contributed by atoms with van der Waals surface area (Å²) >= 11 is 6.69. The minimum Gasteiger partial charge on any atom is -0.474 e. The van der Waals surface area contributed by atoms with Gasteiger partial charge in [-0.3, -0.25) is 4.68 Å². The van der Waals surface area contributed by atoms with Crippen molar-refractivity contribution >= 4 is 46.6 Å². The van der Waals surface area contributed by atoms with Crippen LogP contribution in [0.4, 0.5) is 24.9 Å². The van der Waals surface area contributed by atoms with Gasteiger partial charge in [0.1, 0.15) is 28.5 Å². The highest BCUT2D eigenvalue weighted by atomic mass is 35.5. The monoisotopic (exact) mass is 609 g/mol. The standard InChI is InChI=1S/C25H27ClF3N9O4/c1-37-21-19(26)16(42-15(12-30)20-23(32-6-5-31-20)41-10-9-39-2)13-33-22(21)35-24(37)34-18-11-17(25(27,28)29)38(36-18)14-3-7-40-8-4-14/h5-6,11-14,30-31H,3-4,7-10H2,1-2H3,(H,33,34,35,36)/b20-15+,30-12?. The quantitative estimate of drug-likeness (QED) is 0.183. The molecule has 2 aliphatic rings. The van der Waals surface area contributed by atoms with Crippen LogP contribution in [0, 0.1) is 5.41 Å². The Kier molecular flexibility index (Phi) is 8.65. The third-order valence-corrected chi connectivity index (χ3v) is 6.80. The minimum atomic E-state index is -4.60. The lowest BCUT2D eigenvalue weighted by Gasteiger charge is -2.24. The number of aromatic nitrogens is 5. The summed E-state index contributed by atoms with van der Waals surface area (Å²) in [5.41, 5.74) is -0.0273. The molecule has 42 heavy (non-hydrogen) atoms. The number of nitrogens with one attached hydrogen (secondary N) is 3. The van der Waals surface area contributed by atoms with Gasteiger partial charge < -0.3 is 39.6 Å². The van der Waals surface area contributed by atoms with E-state index >= 15 is 0 Å². The SMILES string of the molecule is COCCOC1=NC=CN/C1=C(\C=N)Oc1cnc2nc(Nc3cc(C(F)(F)F)n(C4CCOCC4)n3)n(C)c2c1Cl. The van der Waals surface area contributed by atoms with E-state index in [4.69, 9.17) is 36.0 Å². The van der Waals surface area contributed by atoms with Crippen molar-refractivity contribution in [2.45, 2.75) is 25.1 Å². The van der Waals surface area contributed by atoms with E-state index < -0.39 is 17.9 Å². The van der Waals surface area contributed by atoms with Crippen LogP contribution in [0.5, 0.6) is 5.75 Å². The summed E-state index contributed by atoms with van der Waals surface area (Å²) < 4.78 is 65.9. The zero-order valence-corrected chi connectivity index (χ0v) is 23.3. The molecule has 0 amide bonds. The highest BCUT2D eigenvalue weighted by molar-refractivity contribution is 6.36. The van der Waals surface area contributed by atoms with Crippen LogP contribution >= 0.6 is 11.6 Å². The first kappa shape index (κ1) is 29.3. The molecule has 5 heterocycles. The maximum Gasteiger partial charge on any atom is 0.433 e. The topological polar surface area (TPSA) is 146 Å². The highest BCUT2D eigenvalue weighted by Gasteiger charge is 2.38.